The Labute approximate surface area is 164 Å². The van der Waals surface area contributed by atoms with Gasteiger partial charge in [-0.15, -0.1) is 0 Å². The van der Waals surface area contributed by atoms with E-state index in [-0.39, 0.29) is 29.7 Å². The van der Waals surface area contributed by atoms with Crippen LogP contribution in [0.4, 0.5) is 5.69 Å². The molecule has 2 aromatic rings. The average molecular weight is 382 g/mol. The van der Waals surface area contributed by atoms with Crippen LogP contribution in [-0.4, -0.2) is 34.5 Å². The Hall–Kier alpha value is -2.96. The number of aryl methyl sites for hydroxylation is 3. The maximum atomic E-state index is 12.5. The highest BCUT2D eigenvalue weighted by Gasteiger charge is 2.35. The number of benzene rings is 1. The van der Waals surface area contributed by atoms with Gasteiger partial charge in [-0.25, -0.2) is 4.98 Å². The molecule has 0 radical (unpaired) electrons. The van der Waals surface area contributed by atoms with E-state index in [0.29, 0.717) is 26.1 Å². The van der Waals surface area contributed by atoms with E-state index in [0.717, 1.165) is 16.9 Å². The van der Waals surface area contributed by atoms with Gasteiger partial charge in [-0.3, -0.25) is 19.0 Å². The fraction of sp³-hybridized carbons (Fsp3) is 0.429. The molecule has 0 saturated carbocycles. The summed E-state index contributed by atoms with van der Waals surface area (Å²) in [5.74, 6) is -0.587. The summed E-state index contributed by atoms with van der Waals surface area (Å²) in [6.45, 7) is 7.02. The predicted molar refractivity (Wildman–Crippen MR) is 107 cm³/mol. The molecule has 148 valence electrons. The van der Waals surface area contributed by atoms with Crippen molar-refractivity contribution in [2.45, 2.75) is 40.2 Å². The Bertz CT molecular complexity index is 951. The van der Waals surface area contributed by atoms with Crippen molar-refractivity contribution in [2.24, 2.45) is 5.92 Å². The Balaban J connectivity index is 1.56. The highest BCUT2D eigenvalue weighted by Crippen LogP contribution is 2.26. The second-order valence-electron chi connectivity index (χ2n) is 7.23. The molecule has 1 unspecified atom stereocenters. The Morgan fingerprint density at radius 3 is 2.68 bits per heavy atom. The molecule has 2 heterocycles. The molecule has 2 amide bonds. The first-order chi connectivity index (χ1) is 13.4. The normalized spacial score (nSPS) is 16.5. The van der Waals surface area contributed by atoms with E-state index in [9.17, 15) is 14.4 Å². The second kappa shape index (κ2) is 8.37. The van der Waals surface area contributed by atoms with Crippen LogP contribution in [-0.2, 0) is 22.6 Å². The van der Waals surface area contributed by atoms with Gasteiger partial charge in [0.2, 0.25) is 11.8 Å². The molecule has 1 N–H and O–H groups in total. The maximum Gasteiger partial charge on any atom is 0.253 e. The van der Waals surface area contributed by atoms with E-state index in [2.05, 4.69) is 10.3 Å². The van der Waals surface area contributed by atoms with Crippen LogP contribution in [0.2, 0.25) is 0 Å². The minimum absolute atomic E-state index is 0.0426. The number of nitrogens with zero attached hydrogens (tertiary/aromatic N) is 3. The highest BCUT2D eigenvalue weighted by molar-refractivity contribution is 6.00. The third-order valence-electron chi connectivity index (χ3n) is 5.25. The minimum atomic E-state index is -0.383. The van der Waals surface area contributed by atoms with Crippen LogP contribution in [0, 0.1) is 19.8 Å². The molecule has 7 nitrogen and oxygen atoms in total. The summed E-state index contributed by atoms with van der Waals surface area (Å²) >= 11 is 0. The third-order valence-corrected chi connectivity index (χ3v) is 5.25. The zero-order valence-corrected chi connectivity index (χ0v) is 16.6. The topological polar surface area (TPSA) is 84.3 Å². The van der Waals surface area contributed by atoms with Crippen LogP contribution in [0.1, 0.15) is 30.2 Å². The van der Waals surface area contributed by atoms with Crippen molar-refractivity contribution in [1.82, 2.24) is 14.9 Å². The molecule has 7 heteroatoms. The summed E-state index contributed by atoms with van der Waals surface area (Å²) in [6, 6.07) is 7.40. The van der Waals surface area contributed by atoms with Crippen LogP contribution < -0.4 is 15.8 Å². The van der Waals surface area contributed by atoms with Gasteiger partial charge in [-0.05, 0) is 43.5 Å². The van der Waals surface area contributed by atoms with Crippen LogP contribution in [0.5, 0.6) is 0 Å². The van der Waals surface area contributed by atoms with Gasteiger partial charge < -0.3 is 10.2 Å². The van der Waals surface area contributed by atoms with E-state index < -0.39 is 0 Å². The molecule has 1 fully saturated rings. The monoisotopic (exact) mass is 382 g/mol. The van der Waals surface area contributed by atoms with Crippen molar-refractivity contribution in [3.05, 3.63) is 57.8 Å². The third kappa shape index (κ3) is 4.30. The molecule has 1 atom stereocenters. The number of amides is 2. The molecule has 0 aliphatic carbocycles. The van der Waals surface area contributed by atoms with Crippen LogP contribution in [0.3, 0.4) is 0 Å². The van der Waals surface area contributed by atoms with Gasteiger partial charge in [0.1, 0.15) is 0 Å². The minimum Gasteiger partial charge on any atom is -0.354 e. The Morgan fingerprint density at radius 2 is 2.00 bits per heavy atom. The summed E-state index contributed by atoms with van der Waals surface area (Å²) in [5, 5.41) is 2.84. The zero-order chi connectivity index (χ0) is 20.3. The average Bonchev–Trinajstić information content (AvgIpc) is 3.07. The van der Waals surface area contributed by atoms with Crippen LogP contribution in [0.15, 0.2) is 35.4 Å². The summed E-state index contributed by atoms with van der Waals surface area (Å²) in [6.07, 6.45) is 2.42. The lowest BCUT2D eigenvalue weighted by Gasteiger charge is -2.18. The standard InChI is InChI=1S/C21H26N4O3/c1-4-17-11-19(26)24(13-23-17)8-7-22-21(28)16-10-20(27)25(12-16)18-6-5-14(2)15(3)9-18/h5-6,9,11,13,16H,4,7-8,10,12H2,1-3H3,(H,22,28). The Kier molecular flexibility index (Phi) is 5.92. The second-order valence-corrected chi connectivity index (χ2v) is 7.23. The number of aromatic nitrogens is 2. The molecule has 1 aliphatic rings. The number of hydrogen-bond donors (Lipinski definition) is 1. The van der Waals surface area contributed by atoms with Gasteiger partial charge >= 0.3 is 0 Å². The lowest BCUT2D eigenvalue weighted by molar-refractivity contribution is -0.126. The maximum absolute atomic E-state index is 12.5. The van der Waals surface area contributed by atoms with Crippen molar-refractivity contribution in [2.75, 3.05) is 18.0 Å². The number of hydrogen-bond acceptors (Lipinski definition) is 4. The van der Waals surface area contributed by atoms with Crippen LogP contribution >= 0.6 is 0 Å². The van der Waals surface area contributed by atoms with E-state index in [1.54, 1.807) is 4.90 Å². The predicted octanol–water partition coefficient (Wildman–Crippen LogP) is 1.59. The van der Waals surface area contributed by atoms with E-state index >= 15 is 0 Å². The molecule has 1 aromatic carbocycles. The van der Waals surface area contributed by atoms with E-state index in [1.807, 2.05) is 39.0 Å². The number of anilines is 1. The quantitative estimate of drug-likeness (QED) is 0.822. The first-order valence-electron chi connectivity index (χ1n) is 9.59. The fourth-order valence-electron chi connectivity index (χ4n) is 3.29. The molecule has 0 spiro atoms. The smallest absolute Gasteiger partial charge is 0.253 e. The zero-order valence-electron chi connectivity index (χ0n) is 16.6. The first-order valence-corrected chi connectivity index (χ1v) is 9.59. The van der Waals surface area contributed by atoms with Gasteiger partial charge in [-0.1, -0.05) is 13.0 Å². The summed E-state index contributed by atoms with van der Waals surface area (Å²) in [4.78, 5) is 42.7. The number of carbonyl (C=O) groups excluding carboxylic acids is 2. The van der Waals surface area contributed by atoms with Crippen molar-refractivity contribution in [3.8, 4) is 0 Å². The van der Waals surface area contributed by atoms with Crippen molar-refractivity contribution in [1.29, 1.82) is 0 Å². The lowest BCUT2D eigenvalue weighted by Crippen LogP contribution is -2.36. The van der Waals surface area contributed by atoms with Gasteiger partial charge in [0.15, 0.2) is 0 Å². The molecule has 1 aromatic heterocycles. The molecular weight excluding hydrogens is 356 g/mol. The fourth-order valence-corrected chi connectivity index (χ4v) is 3.29. The molecule has 1 saturated heterocycles. The number of nitrogens with one attached hydrogen (secondary N) is 1. The van der Waals surface area contributed by atoms with Gasteiger partial charge in [-0.2, -0.15) is 0 Å². The lowest BCUT2D eigenvalue weighted by atomic mass is 10.1. The SMILES string of the molecule is CCc1cc(=O)n(CCNC(=O)C2CC(=O)N(c3ccc(C)c(C)c3)C2)cn1. The van der Waals surface area contributed by atoms with E-state index in [4.69, 9.17) is 0 Å². The largest absolute Gasteiger partial charge is 0.354 e. The molecular formula is C21H26N4O3. The van der Waals surface area contributed by atoms with Crippen molar-refractivity contribution < 1.29 is 9.59 Å². The molecule has 0 bridgehead atoms. The van der Waals surface area contributed by atoms with Gasteiger partial charge in [0, 0.05) is 43.5 Å². The van der Waals surface area contributed by atoms with Crippen LogP contribution in [0.25, 0.3) is 0 Å². The molecule has 1 aliphatic heterocycles. The van der Waals surface area contributed by atoms with Crippen molar-refractivity contribution in [3.63, 3.8) is 0 Å². The Morgan fingerprint density at radius 1 is 1.21 bits per heavy atom. The number of carbonyl (C=O) groups is 2. The molecule has 3 rings (SSSR count). The first kappa shape index (κ1) is 19.8. The molecule has 28 heavy (non-hydrogen) atoms. The van der Waals surface area contributed by atoms with E-state index in [1.165, 1.54) is 22.5 Å². The number of rotatable bonds is 6. The highest BCUT2D eigenvalue weighted by atomic mass is 16.2. The van der Waals surface area contributed by atoms with Gasteiger partial charge in [0.25, 0.3) is 5.56 Å². The van der Waals surface area contributed by atoms with Crippen molar-refractivity contribution >= 4 is 17.5 Å². The summed E-state index contributed by atoms with van der Waals surface area (Å²) < 4.78 is 1.47. The summed E-state index contributed by atoms with van der Waals surface area (Å²) in [5.41, 5.74) is 3.74. The summed E-state index contributed by atoms with van der Waals surface area (Å²) in [7, 11) is 0. The van der Waals surface area contributed by atoms with Gasteiger partial charge in [0.05, 0.1) is 12.2 Å².